The third-order valence-electron chi connectivity index (χ3n) is 10.2. The molecule has 0 saturated heterocycles. The summed E-state index contributed by atoms with van der Waals surface area (Å²) in [6.45, 7) is 0. The minimum Gasteiger partial charge on any atom is -0.386 e. The molecule has 0 amide bonds. The number of ether oxygens (including phenoxy) is 1. The monoisotopic (exact) mass is 686 g/mol. The predicted molar refractivity (Wildman–Crippen MR) is 208 cm³/mol. The number of hydrogen-bond acceptors (Lipinski definition) is 5. The van der Waals surface area contributed by atoms with Gasteiger partial charge in [0.1, 0.15) is 0 Å². The second kappa shape index (κ2) is 11.6. The number of benzene rings is 7. The molecule has 1 aliphatic rings. The molecule has 9 aromatic rings. The molecule has 0 unspecified atom stereocenters. The molecule has 0 spiro atoms. The van der Waals surface area contributed by atoms with Gasteiger partial charge in [-0.3, -0.25) is 9.59 Å². The Kier molecular flexibility index (Phi) is 6.65. The number of para-hydroxylation sites is 4. The van der Waals surface area contributed by atoms with E-state index in [4.69, 9.17) is 4.74 Å². The van der Waals surface area contributed by atoms with E-state index in [9.17, 15) is 19.2 Å². The lowest BCUT2D eigenvalue weighted by Crippen LogP contribution is -2.10. The Bertz CT molecular complexity index is 2820. The molecule has 0 atom stereocenters. The third kappa shape index (κ3) is 4.54. The maximum atomic E-state index is 13.3. The summed E-state index contributed by atoms with van der Waals surface area (Å²) in [7, 11) is 0. The number of nitrogens with zero attached hydrogens (tertiary/aromatic N) is 2. The lowest BCUT2D eigenvalue weighted by molar-refractivity contribution is 0.0444. The van der Waals surface area contributed by atoms with Gasteiger partial charge in [0.05, 0.1) is 33.2 Å². The highest BCUT2D eigenvalue weighted by Crippen LogP contribution is 2.39. The molecule has 7 nitrogen and oxygen atoms in total. The van der Waals surface area contributed by atoms with E-state index in [1.165, 1.54) is 0 Å². The number of carbonyl (C=O) groups excluding carboxylic acids is 2. The molecule has 0 saturated carbocycles. The molecule has 0 aliphatic carbocycles. The van der Waals surface area contributed by atoms with Crippen molar-refractivity contribution in [3.05, 3.63) is 189 Å². The van der Waals surface area contributed by atoms with E-state index < -0.39 is 11.9 Å². The van der Waals surface area contributed by atoms with Crippen LogP contribution in [0.1, 0.15) is 20.7 Å². The molecule has 10 rings (SSSR count). The van der Waals surface area contributed by atoms with E-state index in [1.54, 1.807) is 0 Å². The zero-order valence-electron chi connectivity index (χ0n) is 27.9. The van der Waals surface area contributed by atoms with Crippen LogP contribution in [0.2, 0.25) is 0 Å². The van der Waals surface area contributed by atoms with Crippen molar-refractivity contribution in [1.29, 1.82) is 0 Å². The van der Waals surface area contributed by atoms with Crippen LogP contribution in [0.4, 0.5) is 0 Å². The average Bonchev–Trinajstić information content (AvgIpc) is 3.51. The van der Waals surface area contributed by atoms with Gasteiger partial charge in [0.2, 0.25) is 0 Å². The van der Waals surface area contributed by atoms with Crippen molar-refractivity contribution >= 4 is 55.6 Å². The summed E-state index contributed by atoms with van der Waals surface area (Å²) in [5, 5.41) is 2.49. The highest BCUT2D eigenvalue weighted by atomic mass is 16.6. The molecule has 2 aromatic heterocycles. The SMILES string of the molecule is O=C1OC(=O)c2c(-c3ccc(-n4c5ccccc5c(=O)c5ccccc54)cc3)ccc(-c3ccc(-n4c5ccccc5c(=O)c5ccccc54)cc3)c21. The van der Waals surface area contributed by atoms with Gasteiger partial charge in [-0.25, -0.2) is 9.59 Å². The van der Waals surface area contributed by atoms with Crippen molar-refractivity contribution in [2.75, 3.05) is 0 Å². The van der Waals surface area contributed by atoms with Crippen LogP contribution in [0.3, 0.4) is 0 Å². The molecular weight excluding hydrogens is 661 g/mol. The van der Waals surface area contributed by atoms with Crippen molar-refractivity contribution in [3.63, 3.8) is 0 Å². The molecule has 0 N–H and O–H groups in total. The molecule has 1 aliphatic heterocycles. The van der Waals surface area contributed by atoms with E-state index in [0.717, 1.165) is 44.6 Å². The molecule has 0 bridgehead atoms. The highest BCUT2D eigenvalue weighted by molar-refractivity contribution is 6.21. The van der Waals surface area contributed by atoms with Gasteiger partial charge in [-0.05, 0) is 95.1 Å². The Morgan fingerprint density at radius 2 is 0.642 bits per heavy atom. The standard InChI is InChI=1S/C46H26N2O5/c49-43-33-9-1-5-13-37(33)47(38-14-6-2-10-34(38)43)29-21-17-27(18-22-29)31-25-26-32(42-41(31)45(51)53-46(42)52)28-19-23-30(24-20-28)48-39-15-7-3-11-35(39)44(50)36-12-4-8-16-40(36)48/h1-26H. The highest BCUT2D eigenvalue weighted by Gasteiger charge is 2.35. The zero-order valence-corrected chi connectivity index (χ0v) is 27.9. The molecule has 7 aromatic carbocycles. The van der Waals surface area contributed by atoms with Gasteiger partial charge in [-0.1, -0.05) is 84.9 Å². The second-order valence-electron chi connectivity index (χ2n) is 13.1. The van der Waals surface area contributed by atoms with Crippen molar-refractivity contribution in [2.24, 2.45) is 0 Å². The van der Waals surface area contributed by atoms with Crippen LogP contribution < -0.4 is 10.9 Å². The summed E-state index contributed by atoms with van der Waals surface area (Å²) in [5.41, 5.74) is 7.91. The van der Waals surface area contributed by atoms with Crippen molar-refractivity contribution in [2.45, 2.75) is 0 Å². The fraction of sp³-hybridized carbons (Fsp3) is 0. The van der Waals surface area contributed by atoms with E-state index >= 15 is 0 Å². The second-order valence-corrected chi connectivity index (χ2v) is 13.1. The number of cyclic esters (lactones) is 2. The fourth-order valence-electron chi connectivity index (χ4n) is 7.82. The van der Waals surface area contributed by atoms with Gasteiger partial charge in [0.25, 0.3) is 0 Å². The average molecular weight is 687 g/mol. The fourth-order valence-corrected chi connectivity index (χ4v) is 7.82. The summed E-state index contributed by atoms with van der Waals surface area (Å²) < 4.78 is 9.33. The van der Waals surface area contributed by atoms with E-state index in [0.29, 0.717) is 32.7 Å². The maximum absolute atomic E-state index is 13.3. The number of hydrogen-bond donors (Lipinski definition) is 0. The quantitative estimate of drug-likeness (QED) is 0.105. The lowest BCUT2D eigenvalue weighted by Gasteiger charge is -2.17. The van der Waals surface area contributed by atoms with Gasteiger partial charge >= 0.3 is 11.9 Å². The van der Waals surface area contributed by atoms with Crippen LogP contribution >= 0.6 is 0 Å². The molecule has 3 heterocycles. The number of carbonyl (C=O) groups is 2. The van der Waals surface area contributed by atoms with Crippen LogP contribution in [-0.2, 0) is 4.74 Å². The molecular formula is C46H26N2O5. The number of pyridine rings is 2. The minimum absolute atomic E-state index is 0.0174. The van der Waals surface area contributed by atoms with Crippen LogP contribution in [0, 0.1) is 0 Å². The van der Waals surface area contributed by atoms with Crippen molar-refractivity contribution in [1.82, 2.24) is 9.13 Å². The summed E-state index contributed by atoms with van der Waals surface area (Å²) in [5.74, 6) is -1.38. The topological polar surface area (TPSA) is 87.4 Å². The summed E-state index contributed by atoms with van der Waals surface area (Å²) in [4.78, 5) is 53.1. The minimum atomic E-state index is -0.689. The van der Waals surface area contributed by atoms with Gasteiger partial charge in [-0.2, -0.15) is 0 Å². The Morgan fingerprint density at radius 3 is 0.962 bits per heavy atom. The summed E-state index contributed by atoms with van der Waals surface area (Å²) in [6.07, 6.45) is 0. The Balaban J connectivity index is 1.07. The number of aromatic nitrogens is 2. The van der Waals surface area contributed by atoms with E-state index in [1.807, 2.05) is 158 Å². The predicted octanol–water partition coefficient (Wildman–Crippen LogP) is 9.25. The Labute approximate surface area is 301 Å². The zero-order chi connectivity index (χ0) is 35.8. The molecule has 53 heavy (non-hydrogen) atoms. The van der Waals surface area contributed by atoms with E-state index in [-0.39, 0.29) is 22.0 Å². The summed E-state index contributed by atoms with van der Waals surface area (Å²) >= 11 is 0. The smallest absolute Gasteiger partial charge is 0.347 e. The normalized spacial score (nSPS) is 12.5. The largest absolute Gasteiger partial charge is 0.386 e. The number of rotatable bonds is 4. The van der Waals surface area contributed by atoms with Crippen LogP contribution in [-0.4, -0.2) is 21.1 Å². The first-order valence-electron chi connectivity index (χ1n) is 17.2. The van der Waals surface area contributed by atoms with Crippen LogP contribution in [0.25, 0.3) is 77.2 Å². The summed E-state index contributed by atoms with van der Waals surface area (Å²) in [6, 6.07) is 49.3. The third-order valence-corrected chi connectivity index (χ3v) is 10.2. The van der Waals surface area contributed by atoms with Gasteiger partial charge in [0, 0.05) is 32.9 Å². The lowest BCUT2D eigenvalue weighted by atomic mass is 9.90. The first-order chi connectivity index (χ1) is 26.0. The maximum Gasteiger partial charge on any atom is 0.347 e. The Hall–Kier alpha value is -7.38. The van der Waals surface area contributed by atoms with Crippen molar-refractivity contribution in [3.8, 4) is 33.6 Å². The van der Waals surface area contributed by atoms with E-state index in [2.05, 4.69) is 9.13 Å². The molecule has 0 radical (unpaired) electrons. The van der Waals surface area contributed by atoms with Gasteiger partial charge < -0.3 is 13.9 Å². The Morgan fingerprint density at radius 1 is 0.340 bits per heavy atom. The first kappa shape index (κ1) is 30.4. The van der Waals surface area contributed by atoms with Crippen molar-refractivity contribution < 1.29 is 14.3 Å². The van der Waals surface area contributed by atoms with Crippen LogP contribution in [0.15, 0.2) is 167 Å². The number of esters is 2. The molecule has 250 valence electrons. The molecule has 7 heteroatoms. The molecule has 0 fully saturated rings. The van der Waals surface area contributed by atoms with Gasteiger partial charge in [0.15, 0.2) is 10.9 Å². The first-order valence-corrected chi connectivity index (χ1v) is 17.2. The van der Waals surface area contributed by atoms with Crippen LogP contribution in [0.5, 0.6) is 0 Å². The number of fused-ring (bicyclic) bond motifs is 5. The van der Waals surface area contributed by atoms with Gasteiger partial charge in [-0.15, -0.1) is 0 Å².